The zero-order valence-corrected chi connectivity index (χ0v) is 12.5. The van der Waals surface area contributed by atoms with E-state index in [-0.39, 0.29) is 0 Å². The molecule has 0 amide bonds. The summed E-state index contributed by atoms with van der Waals surface area (Å²) in [5.74, 6) is 3.75. The van der Waals surface area contributed by atoms with Crippen LogP contribution in [-0.2, 0) is 6.42 Å². The fourth-order valence-corrected chi connectivity index (χ4v) is 4.04. The third-order valence-corrected chi connectivity index (χ3v) is 5.05. The van der Waals surface area contributed by atoms with Gasteiger partial charge in [0.15, 0.2) is 0 Å². The van der Waals surface area contributed by atoms with E-state index >= 15 is 0 Å². The number of hydrogen-bond donors (Lipinski definition) is 1. The summed E-state index contributed by atoms with van der Waals surface area (Å²) < 4.78 is 0. The standard InChI is InChI=1S/C18H27N/c1-12(2)8-13-4-6-14(7-5-13)18(19-3)17-10-15-9-16(15)11-17/h4-7,12,15-19H,8-11H2,1-3H3. The summed E-state index contributed by atoms with van der Waals surface area (Å²) in [4.78, 5) is 0. The van der Waals surface area contributed by atoms with Crippen LogP contribution in [-0.4, -0.2) is 7.05 Å². The number of fused-ring (bicyclic) bond motifs is 1. The molecule has 0 spiro atoms. The molecule has 0 aromatic heterocycles. The summed E-state index contributed by atoms with van der Waals surface area (Å²) in [5.41, 5.74) is 2.96. The van der Waals surface area contributed by atoms with E-state index in [1.807, 2.05) is 0 Å². The first-order valence-corrected chi connectivity index (χ1v) is 7.93. The van der Waals surface area contributed by atoms with Gasteiger partial charge in [0.25, 0.3) is 0 Å². The largest absolute Gasteiger partial charge is 0.313 e. The summed E-state index contributed by atoms with van der Waals surface area (Å²) in [5, 5.41) is 3.56. The first-order chi connectivity index (χ1) is 9.17. The predicted octanol–water partition coefficient (Wildman–Crippen LogP) is 4.19. The normalized spacial score (nSPS) is 30.4. The molecular formula is C18H27N. The van der Waals surface area contributed by atoms with Crippen LogP contribution in [0.4, 0.5) is 0 Å². The first-order valence-electron chi connectivity index (χ1n) is 7.93. The van der Waals surface area contributed by atoms with Gasteiger partial charge in [0.05, 0.1) is 0 Å². The average molecular weight is 257 g/mol. The maximum atomic E-state index is 3.56. The monoisotopic (exact) mass is 257 g/mol. The molecule has 0 bridgehead atoms. The van der Waals surface area contributed by atoms with Gasteiger partial charge in [-0.05, 0) is 67.5 Å². The molecule has 0 aliphatic heterocycles. The van der Waals surface area contributed by atoms with Gasteiger partial charge in [0.1, 0.15) is 0 Å². The Morgan fingerprint density at radius 2 is 1.68 bits per heavy atom. The molecule has 1 aromatic carbocycles. The summed E-state index contributed by atoms with van der Waals surface area (Å²) in [6, 6.07) is 9.93. The van der Waals surface area contributed by atoms with Crippen molar-refractivity contribution in [1.82, 2.24) is 5.32 Å². The van der Waals surface area contributed by atoms with E-state index in [9.17, 15) is 0 Å². The molecule has 2 aliphatic rings. The van der Waals surface area contributed by atoms with Crippen molar-refractivity contribution in [3.63, 3.8) is 0 Å². The van der Waals surface area contributed by atoms with Crippen molar-refractivity contribution in [2.24, 2.45) is 23.7 Å². The van der Waals surface area contributed by atoms with E-state index in [1.54, 1.807) is 0 Å². The van der Waals surface area contributed by atoms with Gasteiger partial charge in [-0.3, -0.25) is 0 Å². The lowest BCUT2D eigenvalue weighted by Crippen LogP contribution is -2.24. The Morgan fingerprint density at radius 1 is 1.05 bits per heavy atom. The van der Waals surface area contributed by atoms with Crippen LogP contribution in [0.25, 0.3) is 0 Å². The summed E-state index contributed by atoms with van der Waals surface area (Å²) in [6.07, 6.45) is 5.60. The van der Waals surface area contributed by atoms with Crippen LogP contribution in [0.15, 0.2) is 24.3 Å². The van der Waals surface area contributed by atoms with Crippen LogP contribution in [0.5, 0.6) is 0 Å². The van der Waals surface area contributed by atoms with E-state index in [2.05, 4.69) is 50.5 Å². The fourth-order valence-electron chi connectivity index (χ4n) is 4.04. The zero-order valence-electron chi connectivity index (χ0n) is 12.5. The molecule has 104 valence electrons. The minimum absolute atomic E-state index is 0.570. The molecule has 3 atom stereocenters. The van der Waals surface area contributed by atoms with Crippen molar-refractivity contribution in [1.29, 1.82) is 0 Å². The molecule has 2 fully saturated rings. The molecule has 2 aliphatic carbocycles. The van der Waals surface area contributed by atoms with Crippen LogP contribution in [0.3, 0.4) is 0 Å². The fraction of sp³-hybridized carbons (Fsp3) is 0.667. The highest BCUT2D eigenvalue weighted by atomic mass is 14.9. The molecule has 1 nitrogen and oxygen atoms in total. The first kappa shape index (κ1) is 13.2. The van der Waals surface area contributed by atoms with Crippen molar-refractivity contribution < 1.29 is 0 Å². The van der Waals surface area contributed by atoms with Crippen molar-refractivity contribution in [2.75, 3.05) is 7.05 Å². The molecular weight excluding hydrogens is 230 g/mol. The Labute approximate surface area is 117 Å². The molecule has 0 saturated heterocycles. The van der Waals surface area contributed by atoms with E-state index in [0.717, 1.165) is 23.7 Å². The Kier molecular flexibility index (Phi) is 3.66. The topological polar surface area (TPSA) is 12.0 Å². The lowest BCUT2D eigenvalue weighted by Gasteiger charge is -2.25. The van der Waals surface area contributed by atoms with Crippen LogP contribution >= 0.6 is 0 Å². The number of benzene rings is 1. The van der Waals surface area contributed by atoms with E-state index < -0.39 is 0 Å². The lowest BCUT2D eigenvalue weighted by atomic mass is 9.88. The second-order valence-electron chi connectivity index (χ2n) is 7.09. The molecule has 0 radical (unpaired) electrons. The SMILES string of the molecule is CNC(c1ccc(CC(C)C)cc1)C1CC2CC2C1. The van der Waals surface area contributed by atoms with Crippen LogP contribution in [0.2, 0.25) is 0 Å². The molecule has 2 saturated carbocycles. The van der Waals surface area contributed by atoms with Gasteiger partial charge in [0.2, 0.25) is 0 Å². The molecule has 1 N–H and O–H groups in total. The Morgan fingerprint density at radius 3 is 2.21 bits per heavy atom. The second kappa shape index (κ2) is 5.28. The maximum absolute atomic E-state index is 3.56. The summed E-state index contributed by atoms with van der Waals surface area (Å²) >= 11 is 0. The summed E-state index contributed by atoms with van der Waals surface area (Å²) in [6.45, 7) is 4.57. The van der Waals surface area contributed by atoms with Gasteiger partial charge < -0.3 is 5.32 Å². The summed E-state index contributed by atoms with van der Waals surface area (Å²) in [7, 11) is 2.12. The number of hydrogen-bond acceptors (Lipinski definition) is 1. The smallest absolute Gasteiger partial charge is 0.0346 e. The Hall–Kier alpha value is -0.820. The van der Waals surface area contributed by atoms with Crippen LogP contribution in [0, 0.1) is 23.7 Å². The maximum Gasteiger partial charge on any atom is 0.0346 e. The molecule has 3 rings (SSSR count). The lowest BCUT2D eigenvalue weighted by molar-refractivity contribution is 0.359. The van der Waals surface area contributed by atoms with Crippen molar-refractivity contribution >= 4 is 0 Å². The van der Waals surface area contributed by atoms with E-state index in [0.29, 0.717) is 6.04 Å². The third-order valence-electron chi connectivity index (χ3n) is 5.05. The Bertz CT molecular complexity index is 410. The number of nitrogens with one attached hydrogen (secondary N) is 1. The molecule has 0 heterocycles. The van der Waals surface area contributed by atoms with Gasteiger partial charge in [-0.15, -0.1) is 0 Å². The Balaban J connectivity index is 1.68. The minimum Gasteiger partial charge on any atom is -0.313 e. The average Bonchev–Trinajstić information content (AvgIpc) is 2.99. The van der Waals surface area contributed by atoms with Crippen molar-refractivity contribution in [3.05, 3.63) is 35.4 Å². The van der Waals surface area contributed by atoms with Gasteiger partial charge in [-0.2, -0.15) is 0 Å². The zero-order chi connectivity index (χ0) is 13.4. The van der Waals surface area contributed by atoms with Gasteiger partial charge in [-0.25, -0.2) is 0 Å². The highest BCUT2D eigenvalue weighted by molar-refractivity contribution is 5.26. The van der Waals surface area contributed by atoms with E-state index in [1.165, 1.54) is 36.8 Å². The molecule has 1 aromatic rings. The van der Waals surface area contributed by atoms with Gasteiger partial charge in [-0.1, -0.05) is 38.1 Å². The van der Waals surface area contributed by atoms with Crippen molar-refractivity contribution in [3.8, 4) is 0 Å². The molecule has 1 heteroatoms. The quantitative estimate of drug-likeness (QED) is 0.834. The minimum atomic E-state index is 0.570. The third kappa shape index (κ3) is 2.86. The van der Waals surface area contributed by atoms with E-state index in [4.69, 9.17) is 0 Å². The van der Waals surface area contributed by atoms with Crippen LogP contribution in [0.1, 0.15) is 50.3 Å². The van der Waals surface area contributed by atoms with Gasteiger partial charge in [0, 0.05) is 6.04 Å². The van der Waals surface area contributed by atoms with Crippen molar-refractivity contribution in [2.45, 2.75) is 45.6 Å². The van der Waals surface area contributed by atoms with Crippen LogP contribution < -0.4 is 5.32 Å². The highest BCUT2D eigenvalue weighted by Gasteiger charge is 2.47. The number of rotatable bonds is 5. The molecule has 3 unspecified atom stereocenters. The second-order valence-corrected chi connectivity index (χ2v) is 7.09. The van der Waals surface area contributed by atoms with Gasteiger partial charge >= 0.3 is 0 Å². The molecule has 19 heavy (non-hydrogen) atoms. The predicted molar refractivity (Wildman–Crippen MR) is 81.1 cm³/mol. The highest BCUT2D eigenvalue weighted by Crippen LogP contribution is 2.57.